The van der Waals surface area contributed by atoms with Crippen LogP contribution in [0.2, 0.25) is 0 Å². The highest BCUT2D eigenvalue weighted by Gasteiger charge is 2.23. The zero-order valence-electron chi connectivity index (χ0n) is 16.6. The average molecular weight is 383 g/mol. The third kappa shape index (κ3) is 4.28. The van der Waals surface area contributed by atoms with E-state index in [-0.39, 0.29) is 18.1 Å². The van der Waals surface area contributed by atoms with Gasteiger partial charge in [0.2, 0.25) is 5.91 Å². The zero-order chi connectivity index (χ0) is 19.5. The summed E-state index contributed by atoms with van der Waals surface area (Å²) in [6.45, 7) is 5.08. The van der Waals surface area contributed by atoms with Crippen LogP contribution in [0, 0.1) is 6.92 Å². The van der Waals surface area contributed by atoms with Crippen LogP contribution in [0.15, 0.2) is 24.3 Å². The summed E-state index contributed by atoms with van der Waals surface area (Å²) in [5.41, 5.74) is 3.31. The van der Waals surface area contributed by atoms with Crippen molar-refractivity contribution in [1.29, 1.82) is 0 Å². The quantitative estimate of drug-likeness (QED) is 0.756. The van der Waals surface area contributed by atoms with Crippen LogP contribution in [0.3, 0.4) is 0 Å². The minimum absolute atomic E-state index is 0.101. The van der Waals surface area contributed by atoms with Gasteiger partial charge in [0.15, 0.2) is 0 Å². The van der Waals surface area contributed by atoms with Crippen molar-refractivity contribution in [3.63, 3.8) is 0 Å². The van der Waals surface area contributed by atoms with Crippen molar-refractivity contribution in [2.24, 2.45) is 0 Å². The highest BCUT2D eigenvalue weighted by molar-refractivity contribution is 5.83. The maximum Gasteiger partial charge on any atom is 0.237 e. The van der Waals surface area contributed by atoms with Crippen LogP contribution in [0.1, 0.15) is 43.2 Å². The van der Waals surface area contributed by atoms with Gasteiger partial charge < -0.3 is 20.6 Å². The lowest BCUT2D eigenvalue weighted by Crippen LogP contribution is -2.43. The number of carbonyl (C=O) groups excluding carboxylic acids is 1. The SMILES string of the molecule is Cc1ccc2cc(CN[C@H]3CCCCNC3=O)c(N3CCC(O)CC3)nc2c1. The van der Waals surface area contributed by atoms with Gasteiger partial charge in [-0.3, -0.25) is 4.79 Å². The number of anilines is 1. The Morgan fingerprint density at radius 2 is 2.04 bits per heavy atom. The van der Waals surface area contributed by atoms with Crippen molar-refractivity contribution in [2.75, 3.05) is 24.5 Å². The van der Waals surface area contributed by atoms with E-state index in [1.807, 2.05) is 0 Å². The van der Waals surface area contributed by atoms with Gasteiger partial charge in [-0.2, -0.15) is 0 Å². The minimum atomic E-state index is -0.213. The number of benzene rings is 1. The number of aliphatic hydroxyl groups excluding tert-OH is 1. The smallest absolute Gasteiger partial charge is 0.237 e. The molecule has 150 valence electrons. The van der Waals surface area contributed by atoms with Gasteiger partial charge in [-0.1, -0.05) is 12.1 Å². The summed E-state index contributed by atoms with van der Waals surface area (Å²) in [4.78, 5) is 19.5. The predicted molar refractivity (Wildman–Crippen MR) is 111 cm³/mol. The molecule has 6 heteroatoms. The molecule has 4 rings (SSSR count). The zero-order valence-corrected chi connectivity index (χ0v) is 16.6. The summed E-state index contributed by atoms with van der Waals surface area (Å²) in [6.07, 6.45) is 4.30. The van der Waals surface area contributed by atoms with Crippen LogP contribution in [-0.2, 0) is 11.3 Å². The molecule has 1 aromatic heterocycles. The van der Waals surface area contributed by atoms with E-state index in [1.54, 1.807) is 0 Å². The fourth-order valence-electron chi connectivity index (χ4n) is 4.16. The molecule has 28 heavy (non-hydrogen) atoms. The van der Waals surface area contributed by atoms with E-state index in [4.69, 9.17) is 4.98 Å². The maximum atomic E-state index is 12.3. The molecule has 0 spiro atoms. The first-order valence-corrected chi connectivity index (χ1v) is 10.4. The molecule has 1 amide bonds. The lowest BCUT2D eigenvalue weighted by molar-refractivity contribution is -0.122. The topological polar surface area (TPSA) is 77.5 Å². The molecule has 0 unspecified atom stereocenters. The molecule has 2 saturated heterocycles. The molecule has 3 N–H and O–H groups in total. The summed E-state index contributed by atoms with van der Waals surface area (Å²) in [6, 6.07) is 8.39. The minimum Gasteiger partial charge on any atom is -0.393 e. The Labute approximate surface area is 166 Å². The van der Waals surface area contributed by atoms with E-state index in [9.17, 15) is 9.90 Å². The second-order valence-electron chi connectivity index (χ2n) is 8.11. The number of carbonyl (C=O) groups is 1. The first-order chi connectivity index (χ1) is 13.6. The number of hydrogen-bond acceptors (Lipinski definition) is 5. The normalized spacial score (nSPS) is 21.6. The Kier molecular flexibility index (Phi) is 5.78. The molecule has 0 radical (unpaired) electrons. The second-order valence-corrected chi connectivity index (χ2v) is 8.11. The third-order valence-corrected chi connectivity index (χ3v) is 5.87. The number of nitrogens with zero attached hydrogens (tertiary/aromatic N) is 2. The molecule has 0 aliphatic carbocycles. The Morgan fingerprint density at radius 1 is 1.21 bits per heavy atom. The van der Waals surface area contributed by atoms with Gasteiger partial charge in [-0.25, -0.2) is 4.98 Å². The van der Waals surface area contributed by atoms with Gasteiger partial charge in [0.25, 0.3) is 0 Å². The molecular formula is C22H30N4O2. The summed E-state index contributed by atoms with van der Waals surface area (Å²) in [5, 5.41) is 17.5. The Bertz CT molecular complexity index is 846. The van der Waals surface area contributed by atoms with Crippen molar-refractivity contribution in [3.05, 3.63) is 35.4 Å². The number of aliphatic hydroxyl groups is 1. The lowest BCUT2D eigenvalue weighted by atomic mass is 10.0. The molecule has 0 bridgehead atoms. The monoisotopic (exact) mass is 382 g/mol. The van der Waals surface area contributed by atoms with Crippen LogP contribution in [-0.4, -0.2) is 47.8 Å². The van der Waals surface area contributed by atoms with Gasteiger partial charge in [0.1, 0.15) is 5.82 Å². The fourth-order valence-corrected chi connectivity index (χ4v) is 4.16. The van der Waals surface area contributed by atoms with Crippen LogP contribution >= 0.6 is 0 Å². The van der Waals surface area contributed by atoms with Crippen molar-refractivity contribution < 1.29 is 9.90 Å². The van der Waals surface area contributed by atoms with E-state index in [1.165, 1.54) is 5.56 Å². The molecule has 2 aliphatic heterocycles. The second kappa shape index (κ2) is 8.45. The number of pyridine rings is 1. The Balaban J connectivity index is 1.61. The molecular weight excluding hydrogens is 352 g/mol. The Morgan fingerprint density at radius 3 is 2.86 bits per heavy atom. The maximum absolute atomic E-state index is 12.3. The average Bonchev–Trinajstić information content (AvgIpc) is 2.90. The molecule has 0 saturated carbocycles. The number of amides is 1. The standard InChI is InChI=1S/C22H30N4O2/c1-15-5-6-16-13-17(14-24-19-4-2-3-9-23-22(19)28)21(25-20(16)12-15)26-10-7-18(27)8-11-26/h5-6,12-13,18-19,24,27H,2-4,7-11,14H2,1H3,(H,23,28)/t19-/m0/s1. The number of nitrogens with one attached hydrogen (secondary N) is 2. The summed E-state index contributed by atoms with van der Waals surface area (Å²) < 4.78 is 0. The van der Waals surface area contributed by atoms with Crippen LogP contribution in [0.25, 0.3) is 10.9 Å². The number of aromatic nitrogens is 1. The van der Waals surface area contributed by atoms with Crippen LogP contribution in [0.5, 0.6) is 0 Å². The molecule has 2 aliphatic rings. The van der Waals surface area contributed by atoms with Crippen molar-refractivity contribution >= 4 is 22.6 Å². The summed E-state index contributed by atoms with van der Waals surface area (Å²) in [7, 11) is 0. The van der Waals surface area contributed by atoms with Gasteiger partial charge in [-0.15, -0.1) is 0 Å². The Hall–Kier alpha value is -2.18. The van der Waals surface area contributed by atoms with E-state index < -0.39 is 0 Å². The fraction of sp³-hybridized carbons (Fsp3) is 0.545. The first-order valence-electron chi connectivity index (χ1n) is 10.4. The number of hydrogen-bond donors (Lipinski definition) is 3. The van der Waals surface area contributed by atoms with Gasteiger partial charge in [-0.05, 0) is 56.7 Å². The van der Waals surface area contributed by atoms with E-state index in [2.05, 4.69) is 46.7 Å². The van der Waals surface area contributed by atoms with E-state index in [0.29, 0.717) is 6.54 Å². The first kappa shape index (κ1) is 19.2. The number of aryl methyl sites for hydroxylation is 1. The van der Waals surface area contributed by atoms with E-state index in [0.717, 1.165) is 74.0 Å². The molecule has 1 atom stereocenters. The molecule has 6 nitrogen and oxygen atoms in total. The summed E-state index contributed by atoms with van der Waals surface area (Å²) >= 11 is 0. The van der Waals surface area contributed by atoms with Crippen molar-refractivity contribution in [3.8, 4) is 0 Å². The number of rotatable bonds is 4. The van der Waals surface area contributed by atoms with Crippen LogP contribution in [0.4, 0.5) is 5.82 Å². The summed E-state index contributed by atoms with van der Waals surface area (Å²) in [5.74, 6) is 1.08. The number of fused-ring (bicyclic) bond motifs is 1. The molecule has 1 aromatic carbocycles. The predicted octanol–water partition coefficient (Wildman–Crippen LogP) is 2.26. The van der Waals surface area contributed by atoms with Gasteiger partial charge >= 0.3 is 0 Å². The molecule has 3 heterocycles. The highest BCUT2D eigenvalue weighted by Crippen LogP contribution is 2.27. The largest absolute Gasteiger partial charge is 0.393 e. The molecule has 2 fully saturated rings. The van der Waals surface area contributed by atoms with Crippen LogP contribution < -0.4 is 15.5 Å². The lowest BCUT2D eigenvalue weighted by Gasteiger charge is -2.32. The molecule has 2 aromatic rings. The van der Waals surface area contributed by atoms with Crippen molar-refractivity contribution in [1.82, 2.24) is 15.6 Å². The van der Waals surface area contributed by atoms with Crippen molar-refractivity contribution in [2.45, 2.75) is 57.7 Å². The van der Waals surface area contributed by atoms with Gasteiger partial charge in [0.05, 0.1) is 17.7 Å². The highest BCUT2D eigenvalue weighted by atomic mass is 16.3. The number of piperidine rings is 1. The van der Waals surface area contributed by atoms with E-state index >= 15 is 0 Å². The van der Waals surface area contributed by atoms with Gasteiger partial charge in [0, 0.05) is 37.1 Å². The third-order valence-electron chi connectivity index (χ3n) is 5.87.